The fraction of sp³-hybridized carbons (Fsp3) is 0.636. The fourth-order valence-corrected chi connectivity index (χ4v) is 3.40. The van der Waals surface area contributed by atoms with Crippen LogP contribution in [0.4, 0.5) is 5.82 Å². The second-order valence-electron chi connectivity index (χ2n) is 6.80. The van der Waals surface area contributed by atoms with E-state index in [2.05, 4.69) is 16.9 Å². The first kappa shape index (κ1) is 21.4. The summed E-state index contributed by atoms with van der Waals surface area (Å²) in [6.45, 7) is 8.22. The highest BCUT2D eigenvalue weighted by atomic mass is 15.1. The molecule has 1 aromatic carbocycles. The van der Waals surface area contributed by atoms with Gasteiger partial charge in [-0.05, 0) is 25.0 Å². The van der Waals surface area contributed by atoms with Crippen molar-refractivity contribution in [2.75, 3.05) is 19.0 Å². The summed E-state index contributed by atoms with van der Waals surface area (Å²) >= 11 is 0. The average molecular weight is 344 g/mol. The summed E-state index contributed by atoms with van der Waals surface area (Å²) in [6.07, 6.45) is 10.4. The summed E-state index contributed by atoms with van der Waals surface area (Å²) in [5, 5.41) is 1.10. The van der Waals surface area contributed by atoms with Gasteiger partial charge in [0.2, 0.25) is 0 Å². The largest absolute Gasteiger partial charge is 0.362 e. The van der Waals surface area contributed by atoms with Crippen molar-refractivity contribution in [3.8, 4) is 0 Å². The van der Waals surface area contributed by atoms with Crippen LogP contribution in [0.25, 0.3) is 10.9 Å². The quantitative estimate of drug-likeness (QED) is 0.646. The molecular formula is C22H37N3. The zero-order chi connectivity index (χ0) is 18.7. The van der Waals surface area contributed by atoms with E-state index < -0.39 is 0 Å². The lowest BCUT2D eigenvalue weighted by atomic mass is 9.86. The van der Waals surface area contributed by atoms with Crippen molar-refractivity contribution < 1.29 is 0 Å². The third-order valence-corrected chi connectivity index (χ3v) is 4.54. The van der Waals surface area contributed by atoms with Gasteiger partial charge in [0.1, 0.15) is 11.6 Å². The van der Waals surface area contributed by atoms with Crippen LogP contribution in [0, 0.1) is 12.8 Å². The van der Waals surface area contributed by atoms with Crippen LogP contribution in [0.1, 0.15) is 71.5 Å². The Kier molecular flexibility index (Phi) is 10.1. The van der Waals surface area contributed by atoms with E-state index in [-0.39, 0.29) is 0 Å². The highest BCUT2D eigenvalue weighted by Crippen LogP contribution is 2.26. The molecule has 0 amide bonds. The molecule has 2 aromatic rings. The number of anilines is 1. The summed E-state index contributed by atoms with van der Waals surface area (Å²) in [5.74, 6) is 2.89. The summed E-state index contributed by atoms with van der Waals surface area (Å²) in [6, 6.07) is 8.06. The van der Waals surface area contributed by atoms with Crippen LogP contribution < -0.4 is 4.90 Å². The molecule has 25 heavy (non-hydrogen) atoms. The molecule has 0 radical (unpaired) electrons. The van der Waals surface area contributed by atoms with Gasteiger partial charge >= 0.3 is 0 Å². The van der Waals surface area contributed by atoms with Crippen molar-refractivity contribution in [1.29, 1.82) is 0 Å². The Balaban J connectivity index is 0.000000246. The lowest BCUT2D eigenvalue weighted by Crippen LogP contribution is -2.12. The van der Waals surface area contributed by atoms with Gasteiger partial charge in [0.05, 0.1) is 5.52 Å². The van der Waals surface area contributed by atoms with E-state index in [1.165, 1.54) is 44.9 Å². The van der Waals surface area contributed by atoms with Gasteiger partial charge in [0.25, 0.3) is 0 Å². The molecule has 0 aliphatic heterocycles. The molecule has 1 saturated carbocycles. The Bertz CT molecular complexity index is 598. The molecule has 0 saturated heterocycles. The van der Waals surface area contributed by atoms with Gasteiger partial charge in [0.15, 0.2) is 0 Å². The number of aromatic nitrogens is 2. The normalized spacial score (nSPS) is 14.2. The predicted octanol–water partition coefficient (Wildman–Crippen LogP) is 6.40. The third kappa shape index (κ3) is 7.01. The lowest BCUT2D eigenvalue weighted by Gasteiger charge is -2.20. The SMILES string of the molecule is CC.CCCC1CCCCC1.Cc1nc(N(C)C)c2ccccc2n1. The zero-order valence-electron chi connectivity index (χ0n) is 17.2. The van der Waals surface area contributed by atoms with Crippen LogP contribution in [0.15, 0.2) is 24.3 Å². The van der Waals surface area contributed by atoms with Crippen molar-refractivity contribution in [2.24, 2.45) is 5.92 Å². The maximum atomic E-state index is 4.42. The number of fused-ring (bicyclic) bond motifs is 1. The Morgan fingerprint density at radius 1 is 1.00 bits per heavy atom. The van der Waals surface area contributed by atoms with Crippen LogP contribution in [0.3, 0.4) is 0 Å². The van der Waals surface area contributed by atoms with Gasteiger partial charge in [-0.3, -0.25) is 0 Å². The van der Waals surface area contributed by atoms with Crippen molar-refractivity contribution in [3.63, 3.8) is 0 Å². The molecule has 1 aliphatic carbocycles. The van der Waals surface area contributed by atoms with E-state index in [4.69, 9.17) is 0 Å². The standard InChI is InChI=1S/C11H13N3.C9H18.C2H6/c1-8-12-10-7-5-4-6-9(10)11(13-8)14(2)3;1-2-6-9-7-4-3-5-8-9;1-2/h4-7H,1-3H3;9H,2-8H2,1H3;1-2H3. The number of hydrogen-bond donors (Lipinski definition) is 0. The Morgan fingerprint density at radius 2 is 1.64 bits per heavy atom. The number of nitrogens with zero attached hydrogens (tertiary/aromatic N) is 3. The Labute approximate surface area is 154 Å². The summed E-state index contributed by atoms with van der Waals surface area (Å²) in [4.78, 5) is 10.8. The van der Waals surface area contributed by atoms with Crippen molar-refractivity contribution in [1.82, 2.24) is 9.97 Å². The molecule has 1 heterocycles. The molecule has 0 atom stereocenters. The molecule has 3 nitrogen and oxygen atoms in total. The Morgan fingerprint density at radius 3 is 2.24 bits per heavy atom. The minimum atomic E-state index is 0.812. The van der Waals surface area contributed by atoms with E-state index in [1.54, 1.807) is 0 Å². The molecule has 0 bridgehead atoms. The molecule has 1 aromatic heterocycles. The van der Waals surface area contributed by atoms with Crippen LogP contribution in [-0.2, 0) is 0 Å². The lowest BCUT2D eigenvalue weighted by molar-refractivity contribution is 0.336. The molecule has 0 unspecified atom stereocenters. The number of hydrogen-bond acceptors (Lipinski definition) is 3. The van der Waals surface area contributed by atoms with Gasteiger partial charge in [-0.15, -0.1) is 0 Å². The first-order valence-corrected chi connectivity index (χ1v) is 10.0. The summed E-state index contributed by atoms with van der Waals surface area (Å²) in [7, 11) is 3.99. The van der Waals surface area contributed by atoms with Gasteiger partial charge in [-0.1, -0.05) is 77.8 Å². The molecule has 1 aliphatic rings. The topological polar surface area (TPSA) is 29.0 Å². The van der Waals surface area contributed by atoms with Gasteiger partial charge in [-0.25, -0.2) is 9.97 Å². The van der Waals surface area contributed by atoms with E-state index in [0.717, 1.165) is 28.5 Å². The van der Waals surface area contributed by atoms with E-state index in [9.17, 15) is 0 Å². The minimum Gasteiger partial charge on any atom is -0.362 e. The number of rotatable bonds is 3. The summed E-state index contributed by atoms with van der Waals surface area (Å²) < 4.78 is 0. The predicted molar refractivity (Wildman–Crippen MR) is 111 cm³/mol. The van der Waals surface area contributed by atoms with Crippen molar-refractivity contribution >= 4 is 16.7 Å². The molecule has 0 spiro atoms. The zero-order valence-corrected chi connectivity index (χ0v) is 17.2. The highest BCUT2D eigenvalue weighted by molar-refractivity contribution is 5.89. The third-order valence-electron chi connectivity index (χ3n) is 4.54. The molecule has 3 heteroatoms. The number of benzene rings is 1. The second-order valence-corrected chi connectivity index (χ2v) is 6.80. The van der Waals surface area contributed by atoms with Crippen LogP contribution in [0.2, 0.25) is 0 Å². The average Bonchev–Trinajstić information content (AvgIpc) is 2.64. The van der Waals surface area contributed by atoms with E-state index in [1.807, 2.05) is 64.0 Å². The Hall–Kier alpha value is -1.64. The van der Waals surface area contributed by atoms with E-state index in [0.29, 0.717) is 0 Å². The van der Waals surface area contributed by atoms with Crippen molar-refractivity contribution in [3.05, 3.63) is 30.1 Å². The van der Waals surface area contributed by atoms with Crippen LogP contribution in [-0.4, -0.2) is 24.1 Å². The second kappa shape index (κ2) is 11.8. The number of aryl methyl sites for hydroxylation is 1. The first-order valence-electron chi connectivity index (χ1n) is 10.0. The molecule has 140 valence electrons. The van der Waals surface area contributed by atoms with Crippen LogP contribution >= 0.6 is 0 Å². The van der Waals surface area contributed by atoms with Gasteiger partial charge in [0, 0.05) is 19.5 Å². The maximum Gasteiger partial charge on any atom is 0.139 e. The van der Waals surface area contributed by atoms with E-state index >= 15 is 0 Å². The monoisotopic (exact) mass is 343 g/mol. The molecule has 3 rings (SSSR count). The fourth-order valence-electron chi connectivity index (χ4n) is 3.40. The van der Waals surface area contributed by atoms with Gasteiger partial charge in [-0.2, -0.15) is 0 Å². The summed E-state index contributed by atoms with van der Waals surface area (Å²) in [5.41, 5.74) is 1.00. The van der Waals surface area contributed by atoms with Gasteiger partial charge < -0.3 is 4.90 Å². The molecule has 0 N–H and O–H groups in total. The smallest absolute Gasteiger partial charge is 0.139 e. The van der Waals surface area contributed by atoms with Crippen LogP contribution in [0.5, 0.6) is 0 Å². The minimum absolute atomic E-state index is 0.812. The molecule has 1 fully saturated rings. The molecular weight excluding hydrogens is 306 g/mol. The van der Waals surface area contributed by atoms with Crippen molar-refractivity contribution in [2.45, 2.75) is 72.6 Å². The number of para-hydroxylation sites is 1. The first-order chi connectivity index (χ1) is 12.1. The highest BCUT2D eigenvalue weighted by Gasteiger charge is 2.11. The maximum absolute atomic E-state index is 4.42.